The molecule has 0 spiro atoms. The number of β-amino-alcohol motifs (C(OH)–C–C–N with tert-alkyl or cyclic N) is 1. The number of carbonyl (C=O) groups excluding carboxylic acids is 1. The lowest BCUT2D eigenvalue weighted by Crippen LogP contribution is -2.48. The first-order chi connectivity index (χ1) is 9.06. The molecule has 1 fully saturated rings. The van der Waals surface area contributed by atoms with Gasteiger partial charge in [-0.05, 0) is 5.56 Å². The summed E-state index contributed by atoms with van der Waals surface area (Å²) in [6, 6.07) is 7.21. The molecule has 6 heteroatoms. The van der Waals surface area contributed by atoms with E-state index in [2.05, 4.69) is 5.32 Å². The van der Waals surface area contributed by atoms with E-state index in [1.165, 1.54) is 0 Å². The molecule has 1 atom stereocenters. The van der Waals surface area contributed by atoms with Gasteiger partial charge in [-0.3, -0.25) is 9.69 Å². The molecular weight excluding hydrogens is 262 g/mol. The molecule has 102 valence electrons. The number of hydrogen-bond acceptors (Lipinski definition) is 4. The highest BCUT2D eigenvalue weighted by atomic mass is 32.1. The van der Waals surface area contributed by atoms with Crippen LogP contribution in [0.3, 0.4) is 0 Å². The summed E-state index contributed by atoms with van der Waals surface area (Å²) in [5.74, 6) is 0.00211. The highest BCUT2D eigenvalue weighted by molar-refractivity contribution is 7.80. The fraction of sp³-hybridized carbons (Fsp3) is 0.385. The summed E-state index contributed by atoms with van der Waals surface area (Å²) in [5.41, 5.74) is 7.10. The molecule has 5 nitrogen and oxygen atoms in total. The number of aliphatic hydroxyl groups excluding tert-OH is 1. The number of amides is 1. The Morgan fingerprint density at radius 1 is 1.47 bits per heavy atom. The molecule has 1 aromatic rings. The molecule has 4 N–H and O–H groups in total. The minimum absolute atomic E-state index is 0.00211. The van der Waals surface area contributed by atoms with Crippen molar-refractivity contribution >= 4 is 23.1 Å². The van der Waals surface area contributed by atoms with Crippen LogP contribution < -0.4 is 11.1 Å². The SMILES string of the molecule is NC(=S)c1ccc(C(O)CN2CCNC(=O)C2)cc1. The highest BCUT2D eigenvalue weighted by Crippen LogP contribution is 2.15. The molecule has 1 saturated heterocycles. The van der Waals surface area contributed by atoms with Crippen LogP contribution in [0, 0.1) is 0 Å². The Balaban J connectivity index is 1.97. The summed E-state index contributed by atoms with van der Waals surface area (Å²) in [5, 5.41) is 12.9. The first-order valence-electron chi connectivity index (χ1n) is 6.13. The first-order valence-corrected chi connectivity index (χ1v) is 6.54. The molecule has 1 amide bonds. The second-order valence-corrected chi connectivity index (χ2v) is 5.03. The summed E-state index contributed by atoms with van der Waals surface area (Å²) in [6.45, 7) is 2.17. The average Bonchev–Trinajstić information content (AvgIpc) is 2.39. The Labute approximate surface area is 117 Å². The normalized spacial score (nSPS) is 17.8. The summed E-state index contributed by atoms with van der Waals surface area (Å²) in [7, 11) is 0. The van der Waals surface area contributed by atoms with Crippen molar-refractivity contribution in [1.82, 2.24) is 10.2 Å². The first kappa shape index (κ1) is 13.9. The van der Waals surface area contributed by atoms with Crippen LogP contribution in [-0.2, 0) is 4.79 Å². The molecule has 0 radical (unpaired) electrons. The average molecular weight is 279 g/mol. The summed E-state index contributed by atoms with van der Waals surface area (Å²) >= 11 is 4.88. The van der Waals surface area contributed by atoms with Crippen molar-refractivity contribution in [3.8, 4) is 0 Å². The van der Waals surface area contributed by atoms with Gasteiger partial charge in [0.2, 0.25) is 5.91 Å². The third-order valence-electron chi connectivity index (χ3n) is 3.13. The van der Waals surface area contributed by atoms with E-state index in [9.17, 15) is 9.90 Å². The minimum Gasteiger partial charge on any atom is -0.389 e. The second kappa shape index (κ2) is 6.10. The van der Waals surface area contributed by atoms with Crippen LogP contribution in [0.5, 0.6) is 0 Å². The molecule has 0 aromatic heterocycles. The number of hydrogen-bond donors (Lipinski definition) is 3. The minimum atomic E-state index is -0.619. The number of rotatable bonds is 4. The lowest BCUT2D eigenvalue weighted by molar-refractivity contribution is -0.124. The zero-order valence-electron chi connectivity index (χ0n) is 10.5. The van der Waals surface area contributed by atoms with Gasteiger partial charge in [0.1, 0.15) is 4.99 Å². The smallest absolute Gasteiger partial charge is 0.234 e. The summed E-state index contributed by atoms with van der Waals surface area (Å²) < 4.78 is 0. The van der Waals surface area contributed by atoms with Crippen molar-refractivity contribution in [2.24, 2.45) is 5.73 Å². The van der Waals surface area contributed by atoms with Crippen LogP contribution >= 0.6 is 12.2 Å². The van der Waals surface area contributed by atoms with Crippen LogP contribution in [0.4, 0.5) is 0 Å². The third-order valence-corrected chi connectivity index (χ3v) is 3.36. The Kier molecular flexibility index (Phi) is 4.47. The Bertz CT molecular complexity index is 475. The molecular formula is C13H17N3O2S. The quantitative estimate of drug-likeness (QED) is 0.665. The van der Waals surface area contributed by atoms with Crippen LogP contribution in [0.2, 0.25) is 0 Å². The van der Waals surface area contributed by atoms with E-state index >= 15 is 0 Å². The zero-order chi connectivity index (χ0) is 13.8. The maximum absolute atomic E-state index is 11.2. The summed E-state index contributed by atoms with van der Waals surface area (Å²) in [6.07, 6.45) is -0.619. The maximum atomic E-state index is 11.2. The van der Waals surface area contributed by atoms with Crippen molar-refractivity contribution in [3.05, 3.63) is 35.4 Å². The Morgan fingerprint density at radius 2 is 2.16 bits per heavy atom. The van der Waals surface area contributed by atoms with E-state index < -0.39 is 6.10 Å². The number of carbonyl (C=O) groups is 1. The topological polar surface area (TPSA) is 78.6 Å². The molecule has 0 aliphatic carbocycles. The third kappa shape index (κ3) is 3.73. The van der Waals surface area contributed by atoms with Gasteiger partial charge in [0.25, 0.3) is 0 Å². The molecule has 19 heavy (non-hydrogen) atoms. The number of thiocarbonyl (C=S) groups is 1. The molecule has 1 aromatic carbocycles. The molecule has 1 aliphatic heterocycles. The largest absolute Gasteiger partial charge is 0.389 e. The van der Waals surface area contributed by atoms with Crippen molar-refractivity contribution in [2.45, 2.75) is 6.10 Å². The van der Waals surface area contributed by atoms with Gasteiger partial charge < -0.3 is 16.2 Å². The van der Waals surface area contributed by atoms with Gasteiger partial charge in [-0.1, -0.05) is 36.5 Å². The highest BCUT2D eigenvalue weighted by Gasteiger charge is 2.19. The number of benzene rings is 1. The Hall–Kier alpha value is -1.50. The summed E-state index contributed by atoms with van der Waals surface area (Å²) in [4.78, 5) is 13.5. The molecule has 1 unspecified atom stereocenters. The van der Waals surface area contributed by atoms with Crippen LogP contribution in [0.25, 0.3) is 0 Å². The van der Waals surface area contributed by atoms with Crippen LogP contribution in [0.15, 0.2) is 24.3 Å². The van der Waals surface area contributed by atoms with Crippen molar-refractivity contribution in [1.29, 1.82) is 0 Å². The predicted molar refractivity (Wildman–Crippen MR) is 76.7 cm³/mol. The molecule has 1 heterocycles. The molecule has 2 rings (SSSR count). The monoisotopic (exact) mass is 279 g/mol. The number of aliphatic hydroxyl groups is 1. The standard InChI is InChI=1S/C13H17N3O2S/c14-13(19)10-3-1-9(2-4-10)11(17)7-16-6-5-15-12(18)8-16/h1-4,11,17H,5-8H2,(H2,14,19)(H,15,18). The van der Waals surface area contributed by atoms with Gasteiger partial charge in [-0.2, -0.15) is 0 Å². The van der Waals surface area contributed by atoms with Gasteiger partial charge >= 0.3 is 0 Å². The Morgan fingerprint density at radius 3 is 2.74 bits per heavy atom. The van der Waals surface area contributed by atoms with E-state index in [4.69, 9.17) is 18.0 Å². The maximum Gasteiger partial charge on any atom is 0.234 e. The number of piperazine rings is 1. The second-order valence-electron chi connectivity index (χ2n) is 4.59. The molecule has 0 bridgehead atoms. The number of nitrogens with one attached hydrogen (secondary N) is 1. The van der Waals surface area contributed by atoms with E-state index in [0.29, 0.717) is 24.6 Å². The van der Waals surface area contributed by atoms with Gasteiger partial charge in [-0.15, -0.1) is 0 Å². The van der Waals surface area contributed by atoms with Gasteiger partial charge in [0.05, 0.1) is 12.6 Å². The van der Waals surface area contributed by atoms with Gasteiger partial charge in [0.15, 0.2) is 0 Å². The molecule has 1 aliphatic rings. The number of nitrogens with zero attached hydrogens (tertiary/aromatic N) is 1. The van der Waals surface area contributed by atoms with E-state index in [1.807, 2.05) is 17.0 Å². The van der Waals surface area contributed by atoms with Crippen molar-refractivity contribution in [2.75, 3.05) is 26.2 Å². The van der Waals surface area contributed by atoms with E-state index in [0.717, 1.165) is 17.7 Å². The van der Waals surface area contributed by atoms with Crippen LogP contribution in [0.1, 0.15) is 17.2 Å². The van der Waals surface area contributed by atoms with Gasteiger partial charge in [-0.25, -0.2) is 0 Å². The van der Waals surface area contributed by atoms with Crippen molar-refractivity contribution in [3.63, 3.8) is 0 Å². The zero-order valence-corrected chi connectivity index (χ0v) is 11.3. The lowest BCUT2D eigenvalue weighted by atomic mass is 10.1. The van der Waals surface area contributed by atoms with E-state index in [1.54, 1.807) is 12.1 Å². The van der Waals surface area contributed by atoms with Crippen LogP contribution in [-0.4, -0.2) is 47.1 Å². The molecule has 0 saturated carbocycles. The lowest BCUT2D eigenvalue weighted by Gasteiger charge is -2.28. The van der Waals surface area contributed by atoms with E-state index in [-0.39, 0.29) is 5.91 Å². The fourth-order valence-electron chi connectivity index (χ4n) is 2.07. The predicted octanol–water partition coefficient (Wildman–Crippen LogP) is -0.214. The van der Waals surface area contributed by atoms with Crippen molar-refractivity contribution < 1.29 is 9.90 Å². The number of nitrogens with two attached hydrogens (primary N) is 1. The fourth-order valence-corrected chi connectivity index (χ4v) is 2.20. The van der Waals surface area contributed by atoms with Gasteiger partial charge in [0, 0.05) is 25.2 Å².